The highest BCUT2D eigenvalue weighted by Gasteiger charge is 2.61. The molecule has 0 bridgehead atoms. The third-order valence-electron chi connectivity index (χ3n) is 9.32. The number of Topliss-reactive ketones (excluding diaryl/α,β-unsaturated/α-hetero) is 1. The number of nitrogens with one attached hydrogen (secondary N) is 1. The predicted molar refractivity (Wildman–Crippen MR) is 167 cm³/mol. The van der Waals surface area contributed by atoms with E-state index in [9.17, 15) is 22.8 Å². The zero-order chi connectivity index (χ0) is 32.2. The van der Waals surface area contributed by atoms with Crippen LogP contribution in [-0.2, 0) is 24.2 Å². The third kappa shape index (κ3) is 6.18. The number of ketones is 1. The van der Waals surface area contributed by atoms with Crippen molar-refractivity contribution < 1.29 is 32.3 Å². The maximum Gasteiger partial charge on any atom is 0.243 e. The number of hydrogen-bond acceptors (Lipinski definition) is 8. The predicted octanol–water partition coefficient (Wildman–Crippen LogP) is 4.13. The van der Waals surface area contributed by atoms with Gasteiger partial charge in [0.25, 0.3) is 0 Å². The van der Waals surface area contributed by atoms with Gasteiger partial charge in [-0.25, -0.2) is 13.4 Å². The van der Waals surface area contributed by atoms with E-state index in [0.29, 0.717) is 34.9 Å². The van der Waals surface area contributed by atoms with Crippen LogP contribution in [-0.4, -0.2) is 78.2 Å². The Hall–Kier alpha value is -3.18. The molecule has 3 fully saturated rings. The lowest BCUT2D eigenvalue weighted by Gasteiger charge is -2.33. The number of methoxy groups -OCH3 is 1. The molecule has 238 valence electrons. The van der Waals surface area contributed by atoms with Crippen LogP contribution in [0.5, 0.6) is 11.5 Å². The van der Waals surface area contributed by atoms with Gasteiger partial charge in [-0.1, -0.05) is 45.4 Å². The molecule has 0 unspecified atom stereocenters. The summed E-state index contributed by atoms with van der Waals surface area (Å²) in [6.45, 7) is 11.6. The molecule has 5 rings (SSSR count). The fourth-order valence-electron chi connectivity index (χ4n) is 5.84. The number of rotatable bonds is 11. The Balaban J connectivity index is 1.41. The van der Waals surface area contributed by atoms with E-state index < -0.39 is 56.1 Å². The van der Waals surface area contributed by atoms with Crippen LogP contribution < -0.4 is 14.8 Å². The highest BCUT2D eigenvalue weighted by atomic mass is 35.5. The standard InChI is InChI=1S/C32H40ClN3O7S/c1-7-20-15-32(20,27(37)17-44(40,41)22-8-9-22)35-29(38)24-13-21(16-36(24)30(39)18(2)31(3,4)5)43-26-14-23-19(12-25(26)42-6)10-11-34-28(23)33/h7,10-12,14,18,20-22,24H,1,8-9,13,15-17H2,2-6H3,(H,35,38)/t18-,20-,21-,24+,32-/m1/s1. The van der Waals surface area contributed by atoms with E-state index in [1.165, 1.54) is 12.0 Å². The summed E-state index contributed by atoms with van der Waals surface area (Å²) in [5.74, 6) is -1.86. The summed E-state index contributed by atoms with van der Waals surface area (Å²) in [6.07, 6.45) is 4.11. The average Bonchev–Trinajstić information content (AvgIpc) is 3.88. The van der Waals surface area contributed by atoms with Crippen LogP contribution in [0.25, 0.3) is 10.8 Å². The summed E-state index contributed by atoms with van der Waals surface area (Å²) >= 11 is 6.34. The second-order valence-corrected chi connectivity index (χ2v) is 16.0. The molecule has 1 aliphatic heterocycles. The van der Waals surface area contributed by atoms with Crippen molar-refractivity contribution in [1.82, 2.24) is 15.2 Å². The molecule has 2 heterocycles. The molecule has 1 saturated heterocycles. The van der Waals surface area contributed by atoms with Gasteiger partial charge in [-0.3, -0.25) is 14.4 Å². The quantitative estimate of drug-likeness (QED) is 0.285. The third-order valence-corrected chi connectivity index (χ3v) is 11.8. The van der Waals surface area contributed by atoms with Crippen LogP contribution in [0.2, 0.25) is 5.15 Å². The van der Waals surface area contributed by atoms with Crippen molar-refractivity contribution in [3.8, 4) is 11.5 Å². The van der Waals surface area contributed by atoms with Gasteiger partial charge >= 0.3 is 0 Å². The molecule has 0 spiro atoms. The van der Waals surface area contributed by atoms with Crippen LogP contribution >= 0.6 is 11.6 Å². The maximum absolute atomic E-state index is 14.0. The van der Waals surface area contributed by atoms with Gasteiger partial charge in [-0.15, -0.1) is 6.58 Å². The fourth-order valence-corrected chi connectivity index (χ4v) is 7.77. The van der Waals surface area contributed by atoms with Crippen molar-refractivity contribution in [2.45, 2.75) is 76.3 Å². The van der Waals surface area contributed by atoms with Gasteiger partial charge in [0.1, 0.15) is 28.6 Å². The van der Waals surface area contributed by atoms with Gasteiger partial charge in [0.15, 0.2) is 27.1 Å². The fraction of sp³-hybridized carbons (Fsp3) is 0.562. The van der Waals surface area contributed by atoms with Crippen molar-refractivity contribution >= 4 is 49.8 Å². The number of fused-ring (bicyclic) bond motifs is 1. The Kier molecular flexibility index (Phi) is 8.52. The molecule has 2 aromatic rings. The minimum absolute atomic E-state index is 0.126. The lowest BCUT2D eigenvalue weighted by atomic mass is 9.81. The number of carbonyl (C=O) groups excluding carboxylic acids is 3. The molecular formula is C32H40ClN3O7S. The zero-order valence-corrected chi connectivity index (χ0v) is 27.3. The first-order valence-corrected chi connectivity index (χ1v) is 17.0. The lowest BCUT2D eigenvalue weighted by Crippen LogP contribution is -2.55. The Morgan fingerprint density at radius 3 is 2.55 bits per heavy atom. The monoisotopic (exact) mass is 645 g/mol. The van der Waals surface area contributed by atoms with Crippen LogP contribution in [0.15, 0.2) is 37.1 Å². The van der Waals surface area contributed by atoms with E-state index in [0.717, 1.165) is 5.39 Å². The number of hydrogen-bond donors (Lipinski definition) is 1. The van der Waals surface area contributed by atoms with E-state index >= 15 is 0 Å². The minimum atomic E-state index is -3.58. The highest BCUT2D eigenvalue weighted by Crippen LogP contribution is 2.46. The first-order valence-electron chi connectivity index (χ1n) is 14.9. The molecule has 1 N–H and O–H groups in total. The van der Waals surface area contributed by atoms with E-state index in [1.807, 2.05) is 27.7 Å². The number of likely N-dealkylation sites (tertiary alicyclic amines) is 1. The van der Waals surface area contributed by atoms with Gasteiger partial charge in [0, 0.05) is 29.8 Å². The largest absolute Gasteiger partial charge is 0.493 e. The molecule has 2 aliphatic carbocycles. The molecule has 0 radical (unpaired) electrons. The number of amides is 2. The van der Waals surface area contributed by atoms with Gasteiger partial charge in [0.05, 0.1) is 18.9 Å². The molecule has 12 heteroatoms. The summed E-state index contributed by atoms with van der Waals surface area (Å²) in [6, 6.07) is 4.38. The van der Waals surface area contributed by atoms with Gasteiger partial charge < -0.3 is 19.7 Å². The maximum atomic E-state index is 14.0. The molecule has 10 nitrogen and oxygen atoms in total. The van der Waals surface area contributed by atoms with Crippen molar-refractivity contribution in [2.75, 3.05) is 19.4 Å². The highest BCUT2D eigenvalue weighted by molar-refractivity contribution is 7.93. The first-order chi connectivity index (χ1) is 20.6. The van der Waals surface area contributed by atoms with Crippen LogP contribution in [0.4, 0.5) is 0 Å². The van der Waals surface area contributed by atoms with E-state index in [2.05, 4.69) is 16.9 Å². The van der Waals surface area contributed by atoms with Gasteiger partial charge in [-0.2, -0.15) is 0 Å². The topological polar surface area (TPSA) is 132 Å². The second kappa shape index (κ2) is 11.6. The van der Waals surface area contributed by atoms with Gasteiger partial charge in [-0.05, 0) is 48.3 Å². The Morgan fingerprint density at radius 1 is 1.25 bits per heavy atom. The van der Waals surface area contributed by atoms with E-state index in [4.69, 9.17) is 21.1 Å². The molecule has 44 heavy (non-hydrogen) atoms. The molecular weight excluding hydrogens is 606 g/mol. The number of sulfone groups is 1. The molecule has 5 atom stereocenters. The van der Waals surface area contributed by atoms with Crippen molar-refractivity contribution in [2.24, 2.45) is 17.3 Å². The smallest absolute Gasteiger partial charge is 0.243 e. The average molecular weight is 646 g/mol. The van der Waals surface area contributed by atoms with Crippen LogP contribution in [0.3, 0.4) is 0 Å². The van der Waals surface area contributed by atoms with Crippen LogP contribution in [0.1, 0.15) is 53.4 Å². The summed E-state index contributed by atoms with van der Waals surface area (Å²) in [5, 5.41) is 4.16. The summed E-state index contributed by atoms with van der Waals surface area (Å²) in [5.41, 5.74) is -1.73. The normalized spacial score (nSPS) is 25.8. The summed E-state index contributed by atoms with van der Waals surface area (Å²) in [7, 11) is -2.06. The number of aromatic nitrogens is 1. The Bertz CT molecular complexity index is 1620. The molecule has 1 aromatic heterocycles. The Morgan fingerprint density at radius 2 is 1.95 bits per heavy atom. The number of ether oxygens (including phenoxy) is 2. The number of benzene rings is 1. The van der Waals surface area contributed by atoms with Crippen molar-refractivity contribution in [3.05, 3.63) is 42.2 Å². The number of pyridine rings is 1. The molecule has 2 amide bonds. The molecule has 3 aliphatic rings. The molecule has 2 saturated carbocycles. The number of halogens is 1. The second-order valence-electron chi connectivity index (χ2n) is 13.3. The first kappa shape index (κ1) is 32.2. The Labute approximate surface area is 263 Å². The zero-order valence-electron chi connectivity index (χ0n) is 25.8. The molecule has 1 aromatic carbocycles. The summed E-state index contributed by atoms with van der Waals surface area (Å²) < 4.78 is 37.2. The summed E-state index contributed by atoms with van der Waals surface area (Å²) in [4.78, 5) is 46.8. The number of carbonyl (C=O) groups is 3. The minimum Gasteiger partial charge on any atom is -0.493 e. The van der Waals surface area contributed by atoms with E-state index in [-0.39, 0.29) is 36.6 Å². The van der Waals surface area contributed by atoms with Crippen LogP contribution in [0, 0.1) is 17.3 Å². The SMILES string of the molecule is C=C[C@@H]1C[C@]1(NC(=O)[C@@H]1C[C@@H](Oc2cc3c(Cl)nccc3cc2OC)CN1C(=O)[C@@H](C)C(C)(C)C)C(=O)CS(=O)(=O)C1CC1. The van der Waals surface area contributed by atoms with Crippen molar-refractivity contribution in [3.63, 3.8) is 0 Å². The lowest BCUT2D eigenvalue weighted by molar-refractivity contribution is -0.144. The van der Waals surface area contributed by atoms with E-state index in [1.54, 1.807) is 30.5 Å². The van der Waals surface area contributed by atoms with Gasteiger partial charge in [0.2, 0.25) is 11.8 Å². The number of nitrogens with zero attached hydrogens (tertiary/aromatic N) is 2. The van der Waals surface area contributed by atoms with Crippen molar-refractivity contribution in [1.29, 1.82) is 0 Å².